The molecule has 0 saturated carbocycles. The fraction of sp³-hybridized carbons (Fsp3) is 0.809. The van der Waals surface area contributed by atoms with Gasteiger partial charge in [0.15, 0.2) is 0 Å². The van der Waals surface area contributed by atoms with Crippen LogP contribution in [0.5, 0.6) is 0 Å². The zero-order valence-corrected chi connectivity index (χ0v) is 61.4. The Morgan fingerprint density at radius 2 is 0.723 bits per heavy atom. The highest BCUT2D eigenvalue weighted by Gasteiger charge is 2.27. The van der Waals surface area contributed by atoms with Crippen LogP contribution in [-0.2, 0) is 44.7 Å². The molecule has 0 aliphatic carbocycles. The zero-order valence-electron chi connectivity index (χ0n) is 57.4. The van der Waals surface area contributed by atoms with E-state index in [1.807, 2.05) is 79.7 Å². The average Bonchev–Trinajstić information content (AvgIpc) is 3.33. The molecule has 492 valence electrons. The number of hydrogen-bond donors (Lipinski definition) is 3. The van der Waals surface area contributed by atoms with Gasteiger partial charge in [0.1, 0.15) is 23.1 Å². The van der Waals surface area contributed by atoms with E-state index < -0.39 is 0 Å². The lowest BCUT2D eigenvalue weighted by Gasteiger charge is -2.20. The first-order valence-corrected chi connectivity index (χ1v) is 31.1. The third kappa shape index (κ3) is 53.6. The molecule has 3 amide bonds. The molecule has 83 heavy (non-hydrogen) atoms. The minimum atomic E-state index is -0.128. The number of rotatable bonds is 36. The first-order chi connectivity index (χ1) is 36.5. The summed E-state index contributed by atoms with van der Waals surface area (Å²) >= 11 is 0. The maximum Gasteiger partial charge on any atom is 0.224 e. The Kier molecular flexibility index (Phi) is 61.2. The summed E-state index contributed by atoms with van der Waals surface area (Å²) in [5.74, 6) is 5.85. The van der Waals surface area contributed by atoms with Gasteiger partial charge >= 0.3 is 0 Å². The Balaban J connectivity index is -0.000000185. The van der Waals surface area contributed by atoms with Crippen molar-refractivity contribution in [3.8, 4) is 0 Å². The number of Topliss-reactive ketones (excluding diaryl/α,β-unsaturated/α-hetero) is 4. The van der Waals surface area contributed by atoms with Gasteiger partial charge in [-0.2, -0.15) is 54.0 Å². The zero-order chi connectivity index (χ0) is 61.7. The first kappa shape index (κ1) is 94.3. The lowest BCUT2D eigenvalue weighted by atomic mass is 9.84. The van der Waals surface area contributed by atoms with Gasteiger partial charge in [0, 0.05) is 98.6 Å². The van der Waals surface area contributed by atoms with Crippen molar-refractivity contribution in [1.82, 2.24) is 10.6 Å². The Hall–Kier alpha value is -2.33. The van der Waals surface area contributed by atoms with Crippen molar-refractivity contribution in [1.29, 1.82) is 0 Å². The fourth-order valence-corrected chi connectivity index (χ4v) is 9.04. The Morgan fingerprint density at radius 1 is 0.373 bits per heavy atom. The van der Waals surface area contributed by atoms with Gasteiger partial charge < -0.3 is 20.7 Å². The molecule has 11 nitrogen and oxygen atoms in total. The van der Waals surface area contributed by atoms with Crippen LogP contribution in [0.15, 0.2) is 24.3 Å². The molecule has 0 heterocycles. The largest absolute Gasteiger partial charge is 0.381 e. The van der Waals surface area contributed by atoms with Crippen LogP contribution in [0.3, 0.4) is 0 Å². The van der Waals surface area contributed by atoms with E-state index in [1.165, 1.54) is 0 Å². The SMILES string of the molecule is CC(C)CCC(=O)Nc1ccc(C[C@H](CC(C)C)C(=O)C(C)C)cc1.CC(C)CNC(=O)CC[C@H](CC(C)C)C(=O)C(C)C.CC(C)CNC(=O)C[C@H](CC(C)C)C(=O)C(C)C.CC(C)COCC[C@H](CC(C)C)C(=O)C(C)C.S.S.S.S. The summed E-state index contributed by atoms with van der Waals surface area (Å²) < 4.78 is 5.58. The van der Waals surface area contributed by atoms with Gasteiger partial charge in [-0.1, -0.05) is 178 Å². The molecule has 0 bridgehead atoms. The summed E-state index contributed by atoms with van der Waals surface area (Å²) in [6, 6.07) is 7.93. The normalized spacial score (nSPS) is 12.5. The van der Waals surface area contributed by atoms with Gasteiger partial charge in [0.2, 0.25) is 17.7 Å². The Bertz CT molecular complexity index is 1830. The van der Waals surface area contributed by atoms with Crippen LogP contribution in [0, 0.1) is 94.7 Å². The molecule has 0 aliphatic heterocycles. The number of anilines is 1. The number of carbonyl (C=O) groups is 7. The van der Waals surface area contributed by atoms with Crippen LogP contribution in [0.1, 0.15) is 236 Å². The summed E-state index contributed by atoms with van der Waals surface area (Å²) in [4.78, 5) is 84.1. The second-order valence-electron chi connectivity index (χ2n) is 27.3. The summed E-state index contributed by atoms with van der Waals surface area (Å²) in [6.07, 6.45) is 8.17. The fourth-order valence-electron chi connectivity index (χ4n) is 9.04. The predicted octanol–water partition coefficient (Wildman–Crippen LogP) is 16.3. The lowest BCUT2D eigenvalue weighted by molar-refractivity contribution is -0.131. The number of benzene rings is 1. The Morgan fingerprint density at radius 3 is 1.10 bits per heavy atom. The number of nitrogens with one attached hydrogen (secondary N) is 3. The molecule has 15 heteroatoms. The molecule has 3 N–H and O–H groups in total. The molecule has 0 saturated heterocycles. The van der Waals surface area contributed by atoms with Crippen LogP contribution in [-0.4, -0.2) is 67.2 Å². The van der Waals surface area contributed by atoms with Gasteiger partial charge in [-0.05, 0) is 116 Å². The summed E-state index contributed by atoms with van der Waals surface area (Å²) in [6.45, 7) is 52.4. The first-order valence-electron chi connectivity index (χ1n) is 31.1. The van der Waals surface area contributed by atoms with Crippen LogP contribution < -0.4 is 16.0 Å². The standard InChI is InChI=1S/C22H35NO2.C16H31NO2.C15H29NO2.C15H30O2.4H2S/c1-15(2)7-12-21(24)23-20-10-8-18(9-11-20)14-19(13-16(3)4)22(25)17(5)6;1-11(2)9-14(16(19)13(5)6)7-8-15(18)17-10-12(3)4;1-10(2)7-13(15(18)12(5)6)8-14(17)16-9-11(3)4;1-11(2)9-14(15(16)13(5)6)7-8-17-10-12(3)4;;;;/h8-11,15-17,19H,7,12-14H2,1-6H3,(H,23,24);11-14H,7-10H2,1-6H3,(H,17,18);10-13H,7-9H2,1-6H3,(H,16,17);11-14H,7-10H2,1-6H3;4*1H2/t19-;14-;13-;14-;;;;/m0101..../s1. The quantitative estimate of drug-likeness (QED) is 0.0559. The summed E-state index contributed by atoms with van der Waals surface area (Å²) in [5, 5.41) is 8.74. The van der Waals surface area contributed by atoms with Crippen LogP contribution in [0.25, 0.3) is 0 Å². The van der Waals surface area contributed by atoms with E-state index in [0.29, 0.717) is 110 Å². The van der Waals surface area contributed by atoms with Gasteiger partial charge in [-0.15, -0.1) is 0 Å². The molecule has 1 rings (SSSR count). The molecule has 1 aromatic carbocycles. The molecule has 0 aromatic heterocycles. The van der Waals surface area contributed by atoms with E-state index in [2.05, 4.69) is 127 Å². The van der Waals surface area contributed by atoms with Crippen molar-refractivity contribution in [2.24, 2.45) is 94.7 Å². The topological polar surface area (TPSA) is 165 Å². The third-order valence-corrected chi connectivity index (χ3v) is 13.2. The van der Waals surface area contributed by atoms with Crippen molar-refractivity contribution >= 4 is 101 Å². The van der Waals surface area contributed by atoms with Gasteiger partial charge in [0.05, 0.1) is 0 Å². The lowest BCUT2D eigenvalue weighted by Crippen LogP contribution is -2.32. The molecule has 0 unspecified atom stereocenters. The van der Waals surface area contributed by atoms with E-state index in [4.69, 9.17) is 4.74 Å². The van der Waals surface area contributed by atoms with Crippen molar-refractivity contribution in [2.45, 2.75) is 237 Å². The molecule has 1 aromatic rings. The molecule has 0 fully saturated rings. The molecule has 0 aliphatic rings. The number of ether oxygens (including phenoxy) is 1. The average molecular weight is 1250 g/mol. The minimum Gasteiger partial charge on any atom is -0.381 e. The molecule has 4 atom stereocenters. The van der Waals surface area contributed by atoms with Crippen molar-refractivity contribution in [3.05, 3.63) is 29.8 Å². The van der Waals surface area contributed by atoms with Crippen LogP contribution in [0.2, 0.25) is 0 Å². The second-order valence-corrected chi connectivity index (χ2v) is 27.3. The van der Waals surface area contributed by atoms with E-state index in [0.717, 1.165) is 62.8 Å². The monoisotopic (exact) mass is 1250 g/mol. The second kappa shape index (κ2) is 53.9. The highest BCUT2D eigenvalue weighted by molar-refractivity contribution is 7.59. The van der Waals surface area contributed by atoms with Gasteiger partial charge in [-0.3, -0.25) is 33.6 Å². The highest BCUT2D eigenvalue weighted by Crippen LogP contribution is 2.25. The smallest absolute Gasteiger partial charge is 0.224 e. The number of hydrogen-bond acceptors (Lipinski definition) is 8. The molecule has 0 radical (unpaired) electrons. The number of ketones is 4. The molecular weight excluding hydrogens is 1120 g/mol. The van der Waals surface area contributed by atoms with Crippen LogP contribution in [0.4, 0.5) is 5.69 Å². The Labute approximate surface area is 539 Å². The van der Waals surface area contributed by atoms with Gasteiger partial charge in [0.25, 0.3) is 0 Å². The van der Waals surface area contributed by atoms with E-state index in [-0.39, 0.29) is 125 Å². The maximum absolute atomic E-state index is 12.5. The van der Waals surface area contributed by atoms with E-state index in [9.17, 15) is 33.6 Å². The van der Waals surface area contributed by atoms with Crippen molar-refractivity contribution < 1.29 is 38.3 Å². The number of amides is 3. The number of carbonyl (C=O) groups excluding carboxylic acids is 7. The molecular formula is C68H133N3O8S4. The van der Waals surface area contributed by atoms with E-state index in [1.54, 1.807) is 0 Å². The van der Waals surface area contributed by atoms with Crippen molar-refractivity contribution in [3.63, 3.8) is 0 Å². The summed E-state index contributed by atoms with van der Waals surface area (Å²) in [7, 11) is 0. The van der Waals surface area contributed by atoms with Gasteiger partial charge in [-0.25, -0.2) is 0 Å². The minimum absolute atomic E-state index is 0. The molecule has 0 spiro atoms. The third-order valence-electron chi connectivity index (χ3n) is 13.2. The maximum atomic E-state index is 12.5. The summed E-state index contributed by atoms with van der Waals surface area (Å²) in [5.41, 5.74) is 1.98. The predicted molar refractivity (Wildman–Crippen MR) is 375 cm³/mol. The van der Waals surface area contributed by atoms with Crippen LogP contribution >= 0.6 is 54.0 Å². The van der Waals surface area contributed by atoms with E-state index >= 15 is 0 Å². The van der Waals surface area contributed by atoms with Crippen molar-refractivity contribution in [2.75, 3.05) is 31.6 Å². The highest BCUT2D eigenvalue weighted by atomic mass is 32.1.